The number of pyridine rings is 3. The third kappa shape index (κ3) is 2.26. The molecule has 0 aliphatic carbocycles. The lowest BCUT2D eigenvalue weighted by Crippen LogP contribution is -1.89. The van der Waals surface area contributed by atoms with E-state index >= 15 is 0 Å². The average molecular weight is 357 g/mol. The minimum absolute atomic E-state index is 0.965. The van der Waals surface area contributed by atoms with E-state index in [0.717, 1.165) is 54.7 Å². The van der Waals surface area contributed by atoms with Crippen LogP contribution in [0.5, 0.6) is 0 Å². The second-order valence-corrected chi connectivity index (χ2v) is 6.98. The first-order chi connectivity index (χ1) is 13.9. The summed E-state index contributed by atoms with van der Waals surface area (Å²) in [5.41, 5.74) is 5.08. The van der Waals surface area contributed by atoms with Crippen molar-refractivity contribution in [1.82, 2.24) is 15.0 Å². The van der Waals surface area contributed by atoms with Crippen molar-refractivity contribution in [3.63, 3.8) is 0 Å². The van der Waals surface area contributed by atoms with Crippen LogP contribution in [0.3, 0.4) is 0 Å². The van der Waals surface area contributed by atoms with E-state index in [1.165, 1.54) is 0 Å². The normalized spacial score (nSPS) is 11.6. The molecule has 3 heteroatoms. The molecule has 0 bridgehead atoms. The van der Waals surface area contributed by atoms with Crippen LogP contribution in [0.2, 0.25) is 0 Å². The van der Waals surface area contributed by atoms with Gasteiger partial charge in [0, 0.05) is 44.9 Å². The molecule has 3 aromatic heterocycles. The molecular formula is C25H15N3. The molecule has 0 unspecified atom stereocenters. The third-order valence-electron chi connectivity index (χ3n) is 5.32. The molecule has 130 valence electrons. The lowest BCUT2D eigenvalue weighted by molar-refractivity contribution is 1.39. The van der Waals surface area contributed by atoms with E-state index in [2.05, 4.69) is 76.7 Å². The molecule has 3 heterocycles. The second-order valence-electron chi connectivity index (χ2n) is 6.98. The third-order valence-corrected chi connectivity index (χ3v) is 5.32. The highest BCUT2D eigenvalue weighted by Gasteiger charge is 2.09. The number of aromatic nitrogens is 3. The van der Waals surface area contributed by atoms with Crippen molar-refractivity contribution in [3.05, 3.63) is 91.3 Å². The molecule has 3 aromatic carbocycles. The van der Waals surface area contributed by atoms with E-state index in [1.54, 1.807) is 0 Å². The van der Waals surface area contributed by atoms with Gasteiger partial charge in [0.25, 0.3) is 0 Å². The predicted molar refractivity (Wildman–Crippen MR) is 115 cm³/mol. The van der Waals surface area contributed by atoms with Gasteiger partial charge in [0.2, 0.25) is 0 Å². The molecule has 0 saturated heterocycles. The molecule has 0 amide bonds. The van der Waals surface area contributed by atoms with Crippen LogP contribution in [0.25, 0.3) is 54.7 Å². The second kappa shape index (κ2) is 5.83. The predicted octanol–water partition coefficient (Wildman–Crippen LogP) is 6.15. The first-order valence-electron chi connectivity index (χ1n) is 9.29. The lowest BCUT2D eigenvalue weighted by atomic mass is 10.0. The monoisotopic (exact) mass is 357 g/mol. The molecule has 0 radical (unpaired) electrons. The zero-order valence-corrected chi connectivity index (χ0v) is 15.0. The van der Waals surface area contributed by atoms with Gasteiger partial charge in [0.05, 0.1) is 22.2 Å². The van der Waals surface area contributed by atoms with Crippen LogP contribution in [-0.2, 0) is 0 Å². The van der Waals surface area contributed by atoms with Crippen molar-refractivity contribution in [1.29, 1.82) is 0 Å². The van der Waals surface area contributed by atoms with Crippen LogP contribution < -0.4 is 0 Å². The number of hydrogen-bond donors (Lipinski definition) is 0. The summed E-state index contributed by atoms with van der Waals surface area (Å²) in [6, 6.07) is 27.2. The Kier molecular flexibility index (Phi) is 3.17. The van der Waals surface area contributed by atoms with E-state index in [-0.39, 0.29) is 0 Å². The van der Waals surface area contributed by atoms with Gasteiger partial charge in [-0.05, 0) is 30.3 Å². The molecule has 0 aliphatic rings. The Balaban J connectivity index is 1.63. The Hall–Kier alpha value is -3.85. The molecular weight excluding hydrogens is 342 g/mol. The molecule has 6 rings (SSSR count). The van der Waals surface area contributed by atoms with E-state index in [1.807, 2.05) is 24.5 Å². The summed E-state index contributed by atoms with van der Waals surface area (Å²) in [5, 5.41) is 5.67. The van der Waals surface area contributed by atoms with Crippen molar-refractivity contribution >= 4 is 43.5 Å². The quantitative estimate of drug-likeness (QED) is 0.331. The maximum absolute atomic E-state index is 5.04. The SMILES string of the molecule is c1cnc2ccc(-c3ccc4ccc5c(ccc6cccnc65)c4n3)cc2c1. The Morgan fingerprint density at radius 2 is 1.25 bits per heavy atom. The topological polar surface area (TPSA) is 38.7 Å². The maximum atomic E-state index is 5.04. The highest BCUT2D eigenvalue weighted by molar-refractivity contribution is 6.14. The fraction of sp³-hybridized carbons (Fsp3) is 0. The zero-order chi connectivity index (χ0) is 18.5. The van der Waals surface area contributed by atoms with Crippen LogP contribution in [0.15, 0.2) is 91.3 Å². The van der Waals surface area contributed by atoms with Crippen LogP contribution in [0.1, 0.15) is 0 Å². The van der Waals surface area contributed by atoms with Gasteiger partial charge in [-0.2, -0.15) is 0 Å². The highest BCUT2D eigenvalue weighted by Crippen LogP contribution is 2.31. The number of hydrogen-bond acceptors (Lipinski definition) is 3. The van der Waals surface area contributed by atoms with Crippen LogP contribution in [0.4, 0.5) is 0 Å². The molecule has 0 fully saturated rings. The molecule has 0 saturated carbocycles. The molecule has 0 spiro atoms. The van der Waals surface area contributed by atoms with Gasteiger partial charge in [0.1, 0.15) is 0 Å². The molecule has 28 heavy (non-hydrogen) atoms. The van der Waals surface area contributed by atoms with Crippen LogP contribution in [0, 0.1) is 0 Å². The van der Waals surface area contributed by atoms with Crippen molar-refractivity contribution in [2.24, 2.45) is 0 Å². The fourth-order valence-corrected chi connectivity index (χ4v) is 3.93. The summed E-state index contributed by atoms with van der Waals surface area (Å²) < 4.78 is 0. The van der Waals surface area contributed by atoms with Gasteiger partial charge in [-0.3, -0.25) is 9.97 Å². The molecule has 6 aromatic rings. The Morgan fingerprint density at radius 1 is 0.536 bits per heavy atom. The van der Waals surface area contributed by atoms with Gasteiger partial charge < -0.3 is 0 Å². The van der Waals surface area contributed by atoms with Gasteiger partial charge in [0.15, 0.2) is 0 Å². The molecule has 0 N–H and O–H groups in total. The smallest absolute Gasteiger partial charge is 0.0788 e. The molecule has 3 nitrogen and oxygen atoms in total. The number of fused-ring (bicyclic) bond motifs is 6. The van der Waals surface area contributed by atoms with Crippen molar-refractivity contribution < 1.29 is 0 Å². The van der Waals surface area contributed by atoms with Crippen molar-refractivity contribution in [2.45, 2.75) is 0 Å². The van der Waals surface area contributed by atoms with Crippen molar-refractivity contribution in [3.8, 4) is 11.3 Å². The van der Waals surface area contributed by atoms with Gasteiger partial charge >= 0.3 is 0 Å². The minimum Gasteiger partial charge on any atom is -0.256 e. The van der Waals surface area contributed by atoms with E-state index in [0.29, 0.717) is 0 Å². The summed E-state index contributed by atoms with van der Waals surface area (Å²) in [5.74, 6) is 0. The molecule has 0 aliphatic heterocycles. The number of benzene rings is 3. The Morgan fingerprint density at radius 3 is 2.14 bits per heavy atom. The van der Waals surface area contributed by atoms with Crippen molar-refractivity contribution in [2.75, 3.05) is 0 Å². The minimum atomic E-state index is 0.965. The highest BCUT2D eigenvalue weighted by atomic mass is 14.7. The summed E-state index contributed by atoms with van der Waals surface area (Å²) in [7, 11) is 0. The van der Waals surface area contributed by atoms with Gasteiger partial charge in [-0.1, -0.05) is 48.5 Å². The Bertz CT molecular complexity index is 1520. The fourth-order valence-electron chi connectivity index (χ4n) is 3.93. The van der Waals surface area contributed by atoms with Crippen LogP contribution >= 0.6 is 0 Å². The summed E-state index contributed by atoms with van der Waals surface area (Å²) in [6.45, 7) is 0. The largest absolute Gasteiger partial charge is 0.256 e. The lowest BCUT2D eigenvalue weighted by Gasteiger charge is -2.09. The summed E-state index contributed by atoms with van der Waals surface area (Å²) >= 11 is 0. The Labute approximate surface area is 161 Å². The first kappa shape index (κ1) is 15.2. The molecule has 0 atom stereocenters. The standard InChI is InChI=1S/C25H15N3/c1-3-16-5-10-21-20(24(16)27-14-1)9-6-17-7-12-23(28-25(17)21)19-8-11-22-18(15-19)4-2-13-26-22/h1-15H. The first-order valence-corrected chi connectivity index (χ1v) is 9.29. The van der Waals surface area contributed by atoms with E-state index < -0.39 is 0 Å². The van der Waals surface area contributed by atoms with E-state index in [4.69, 9.17) is 4.98 Å². The summed E-state index contributed by atoms with van der Waals surface area (Å²) in [4.78, 5) is 14.0. The maximum Gasteiger partial charge on any atom is 0.0788 e. The zero-order valence-electron chi connectivity index (χ0n) is 15.0. The van der Waals surface area contributed by atoms with Crippen LogP contribution in [-0.4, -0.2) is 15.0 Å². The van der Waals surface area contributed by atoms with E-state index in [9.17, 15) is 0 Å². The van der Waals surface area contributed by atoms with Gasteiger partial charge in [-0.25, -0.2) is 4.98 Å². The summed E-state index contributed by atoms with van der Waals surface area (Å²) in [6.07, 6.45) is 3.67. The van der Waals surface area contributed by atoms with Gasteiger partial charge in [-0.15, -0.1) is 0 Å². The average Bonchev–Trinajstić information content (AvgIpc) is 2.78. The number of rotatable bonds is 1. The number of nitrogens with zero attached hydrogens (tertiary/aromatic N) is 3.